The first kappa shape index (κ1) is 18.7. The second-order valence-corrected chi connectivity index (χ2v) is 7.30. The Morgan fingerprint density at radius 1 is 1.32 bits per heavy atom. The molecule has 1 fully saturated rings. The molecule has 1 aliphatic heterocycles. The first-order chi connectivity index (χ1) is 13.6. The highest BCUT2D eigenvalue weighted by molar-refractivity contribution is 6.32. The molecule has 1 aliphatic rings. The Morgan fingerprint density at radius 3 is 3.00 bits per heavy atom. The Labute approximate surface area is 168 Å². The molecular weight excluding hydrogens is 376 g/mol. The van der Waals surface area contributed by atoms with E-state index >= 15 is 0 Å². The van der Waals surface area contributed by atoms with Crippen LogP contribution in [0.2, 0.25) is 5.02 Å². The predicted octanol–water partition coefficient (Wildman–Crippen LogP) is 3.44. The number of hydrogen-bond donors (Lipinski definition) is 1. The highest BCUT2D eigenvalue weighted by Crippen LogP contribution is 2.22. The molecule has 0 aliphatic carbocycles. The Kier molecular flexibility index (Phi) is 5.41. The minimum absolute atomic E-state index is 0.204. The van der Waals surface area contributed by atoms with Crippen molar-refractivity contribution in [1.82, 2.24) is 15.3 Å². The van der Waals surface area contributed by atoms with Gasteiger partial charge in [0.2, 0.25) is 0 Å². The number of pyridine rings is 2. The Balaban J connectivity index is 1.44. The van der Waals surface area contributed by atoms with E-state index in [9.17, 15) is 4.79 Å². The van der Waals surface area contributed by atoms with Crippen LogP contribution in [0, 0.1) is 0 Å². The van der Waals surface area contributed by atoms with Crippen molar-refractivity contribution in [2.75, 3.05) is 24.6 Å². The van der Waals surface area contributed by atoms with Crippen molar-refractivity contribution in [2.45, 2.75) is 19.6 Å². The highest BCUT2D eigenvalue weighted by atomic mass is 35.5. The van der Waals surface area contributed by atoms with Crippen molar-refractivity contribution in [3.05, 3.63) is 64.9 Å². The van der Waals surface area contributed by atoms with Gasteiger partial charge in [0.1, 0.15) is 5.82 Å². The predicted molar refractivity (Wildman–Crippen MR) is 110 cm³/mol. The van der Waals surface area contributed by atoms with Gasteiger partial charge >= 0.3 is 0 Å². The minimum Gasteiger partial charge on any atom is -0.375 e. The van der Waals surface area contributed by atoms with Gasteiger partial charge in [0.05, 0.1) is 23.8 Å². The van der Waals surface area contributed by atoms with Crippen LogP contribution >= 0.6 is 11.6 Å². The van der Waals surface area contributed by atoms with Gasteiger partial charge in [-0.2, -0.15) is 0 Å². The molecule has 1 aromatic carbocycles. The van der Waals surface area contributed by atoms with Crippen molar-refractivity contribution < 1.29 is 9.53 Å². The fourth-order valence-corrected chi connectivity index (χ4v) is 3.57. The number of anilines is 1. The van der Waals surface area contributed by atoms with Crippen LogP contribution in [0.5, 0.6) is 0 Å². The van der Waals surface area contributed by atoms with Crippen molar-refractivity contribution >= 4 is 34.2 Å². The number of benzene rings is 1. The van der Waals surface area contributed by atoms with Gasteiger partial charge < -0.3 is 15.0 Å². The molecule has 6 nitrogen and oxygen atoms in total. The number of halogens is 1. The molecule has 3 heterocycles. The van der Waals surface area contributed by atoms with E-state index in [2.05, 4.69) is 27.1 Å². The van der Waals surface area contributed by atoms with Crippen LogP contribution in [0.4, 0.5) is 5.82 Å². The number of rotatable bonds is 4. The molecule has 1 amide bonds. The summed E-state index contributed by atoms with van der Waals surface area (Å²) < 4.78 is 5.57. The maximum absolute atomic E-state index is 12.7. The molecule has 1 N–H and O–H groups in total. The average Bonchev–Trinajstić information content (AvgIpc) is 2.71. The van der Waals surface area contributed by atoms with Crippen LogP contribution in [0.3, 0.4) is 0 Å². The highest BCUT2D eigenvalue weighted by Gasteiger charge is 2.18. The van der Waals surface area contributed by atoms with Gasteiger partial charge in [-0.15, -0.1) is 0 Å². The van der Waals surface area contributed by atoms with Crippen LogP contribution in [0.15, 0.2) is 48.8 Å². The summed E-state index contributed by atoms with van der Waals surface area (Å²) in [6.45, 7) is 4.82. The van der Waals surface area contributed by atoms with E-state index in [1.807, 2.05) is 24.3 Å². The van der Waals surface area contributed by atoms with E-state index in [1.54, 1.807) is 24.5 Å². The molecule has 0 spiro atoms. The summed E-state index contributed by atoms with van der Waals surface area (Å²) in [4.78, 5) is 23.7. The molecule has 1 saturated heterocycles. The standard InChI is InChI=1S/C21H21ClN4O2/c1-14-13-26(7-8-28-14)19-5-4-15(11-24-19)12-25-21(27)18-10-17(22)9-16-3-2-6-23-20(16)18/h2-6,9-11,14H,7-8,12-13H2,1H3,(H,25,27). The van der Waals surface area contributed by atoms with Crippen LogP contribution in [0.1, 0.15) is 22.8 Å². The third-order valence-corrected chi connectivity index (χ3v) is 4.96. The molecular formula is C21H21ClN4O2. The fourth-order valence-electron chi connectivity index (χ4n) is 3.34. The lowest BCUT2D eigenvalue weighted by Gasteiger charge is -2.32. The number of hydrogen-bond acceptors (Lipinski definition) is 5. The summed E-state index contributed by atoms with van der Waals surface area (Å²) >= 11 is 6.16. The van der Waals surface area contributed by atoms with Crippen LogP contribution in [-0.4, -0.2) is 41.7 Å². The van der Waals surface area contributed by atoms with Crippen molar-refractivity contribution in [1.29, 1.82) is 0 Å². The third-order valence-electron chi connectivity index (χ3n) is 4.74. The lowest BCUT2D eigenvalue weighted by molar-refractivity contribution is 0.0529. The molecule has 0 saturated carbocycles. The molecule has 1 unspecified atom stereocenters. The fraction of sp³-hybridized carbons (Fsp3) is 0.286. The monoisotopic (exact) mass is 396 g/mol. The lowest BCUT2D eigenvalue weighted by atomic mass is 10.1. The quantitative estimate of drug-likeness (QED) is 0.731. The van der Waals surface area contributed by atoms with E-state index in [0.29, 0.717) is 29.3 Å². The van der Waals surface area contributed by atoms with Gasteiger partial charge in [-0.1, -0.05) is 23.7 Å². The van der Waals surface area contributed by atoms with Gasteiger partial charge in [-0.3, -0.25) is 9.78 Å². The topological polar surface area (TPSA) is 67.4 Å². The normalized spacial score (nSPS) is 16.9. The van der Waals surface area contributed by atoms with E-state index in [4.69, 9.17) is 16.3 Å². The summed E-state index contributed by atoms with van der Waals surface area (Å²) in [6, 6.07) is 11.1. The summed E-state index contributed by atoms with van der Waals surface area (Å²) in [5.41, 5.74) is 2.03. The minimum atomic E-state index is -0.211. The van der Waals surface area contributed by atoms with Crippen LogP contribution in [0.25, 0.3) is 10.9 Å². The number of fused-ring (bicyclic) bond motifs is 1. The van der Waals surface area contributed by atoms with Gasteiger partial charge in [0.25, 0.3) is 5.91 Å². The van der Waals surface area contributed by atoms with Gasteiger partial charge in [0.15, 0.2) is 0 Å². The van der Waals surface area contributed by atoms with Gasteiger partial charge in [0, 0.05) is 42.4 Å². The van der Waals surface area contributed by atoms with Crippen molar-refractivity contribution in [3.8, 4) is 0 Å². The molecule has 0 bridgehead atoms. The Hall–Kier alpha value is -2.70. The number of amides is 1. The van der Waals surface area contributed by atoms with E-state index in [-0.39, 0.29) is 12.0 Å². The first-order valence-corrected chi connectivity index (χ1v) is 9.62. The SMILES string of the molecule is CC1CN(c2ccc(CNC(=O)c3cc(Cl)cc4cccnc34)cn2)CCO1. The largest absolute Gasteiger partial charge is 0.375 e. The maximum atomic E-state index is 12.7. The summed E-state index contributed by atoms with van der Waals surface area (Å²) in [6.07, 6.45) is 3.67. The Bertz CT molecular complexity index is 993. The maximum Gasteiger partial charge on any atom is 0.253 e. The zero-order valence-electron chi connectivity index (χ0n) is 15.6. The van der Waals surface area contributed by atoms with E-state index in [1.165, 1.54) is 0 Å². The molecule has 3 aromatic rings. The molecule has 1 atom stereocenters. The number of carbonyl (C=O) groups excluding carboxylic acids is 1. The van der Waals surface area contributed by atoms with Crippen LogP contribution < -0.4 is 10.2 Å². The van der Waals surface area contributed by atoms with Crippen molar-refractivity contribution in [3.63, 3.8) is 0 Å². The first-order valence-electron chi connectivity index (χ1n) is 9.24. The van der Waals surface area contributed by atoms with Gasteiger partial charge in [-0.25, -0.2) is 4.98 Å². The summed E-state index contributed by atoms with van der Waals surface area (Å²) in [7, 11) is 0. The number of carbonyl (C=O) groups is 1. The molecule has 28 heavy (non-hydrogen) atoms. The molecule has 4 rings (SSSR count). The number of nitrogens with zero attached hydrogens (tertiary/aromatic N) is 3. The average molecular weight is 397 g/mol. The Morgan fingerprint density at radius 2 is 2.21 bits per heavy atom. The molecule has 0 radical (unpaired) electrons. The number of nitrogens with one attached hydrogen (secondary N) is 1. The molecule has 2 aromatic heterocycles. The smallest absolute Gasteiger partial charge is 0.253 e. The van der Waals surface area contributed by atoms with Gasteiger partial charge in [-0.05, 0) is 36.8 Å². The lowest BCUT2D eigenvalue weighted by Crippen LogP contribution is -2.41. The van der Waals surface area contributed by atoms with E-state index in [0.717, 1.165) is 29.9 Å². The molecule has 7 heteroatoms. The number of morpholine rings is 1. The van der Waals surface area contributed by atoms with E-state index < -0.39 is 0 Å². The second kappa shape index (κ2) is 8.12. The summed E-state index contributed by atoms with van der Waals surface area (Å²) in [5, 5.41) is 4.28. The van der Waals surface area contributed by atoms with Crippen molar-refractivity contribution in [2.24, 2.45) is 0 Å². The zero-order chi connectivity index (χ0) is 19.5. The third kappa shape index (κ3) is 4.08. The summed E-state index contributed by atoms with van der Waals surface area (Å²) in [5.74, 6) is 0.715. The number of aromatic nitrogens is 2. The zero-order valence-corrected chi connectivity index (χ0v) is 16.3. The van der Waals surface area contributed by atoms with Crippen LogP contribution in [-0.2, 0) is 11.3 Å². The second-order valence-electron chi connectivity index (χ2n) is 6.86. The number of ether oxygens (including phenoxy) is 1. The molecule has 144 valence electrons.